The van der Waals surface area contributed by atoms with Gasteiger partial charge in [0.05, 0.1) is 0 Å². The number of pyridine rings is 1. The van der Waals surface area contributed by atoms with Crippen LogP contribution in [0.4, 0.5) is 0 Å². The third-order valence-corrected chi connectivity index (χ3v) is 4.06. The molecule has 0 amide bonds. The highest BCUT2D eigenvalue weighted by molar-refractivity contribution is 5.11. The van der Waals surface area contributed by atoms with E-state index in [1.165, 1.54) is 56.3 Å². The summed E-state index contributed by atoms with van der Waals surface area (Å²) in [5.41, 5.74) is 2.57. The van der Waals surface area contributed by atoms with Crippen LogP contribution in [0.15, 0.2) is 18.2 Å². The zero-order valence-corrected chi connectivity index (χ0v) is 14.7. The van der Waals surface area contributed by atoms with Gasteiger partial charge < -0.3 is 0 Å². The fourth-order valence-electron chi connectivity index (χ4n) is 2.63. The first-order valence-corrected chi connectivity index (χ1v) is 9.02. The maximum atomic E-state index is 4.80. The Hall–Kier alpha value is -0.850. The van der Waals surface area contributed by atoms with Crippen molar-refractivity contribution in [1.29, 1.82) is 0 Å². The molecular formula is C20H35N. The highest BCUT2D eigenvalue weighted by Crippen LogP contribution is 2.13. The SMILES string of the molecule is CC(C)CCCCCCCc1cccc(CCC(C)C)n1. The summed E-state index contributed by atoms with van der Waals surface area (Å²) in [5, 5.41) is 0. The third-order valence-electron chi connectivity index (χ3n) is 4.06. The summed E-state index contributed by atoms with van der Waals surface area (Å²) in [6.45, 7) is 9.20. The molecule has 21 heavy (non-hydrogen) atoms. The zero-order chi connectivity index (χ0) is 15.5. The number of hydrogen-bond acceptors (Lipinski definition) is 1. The molecule has 0 aliphatic carbocycles. The highest BCUT2D eigenvalue weighted by atomic mass is 14.7. The van der Waals surface area contributed by atoms with Crippen LogP contribution in [0.2, 0.25) is 0 Å². The summed E-state index contributed by atoms with van der Waals surface area (Å²) < 4.78 is 0. The van der Waals surface area contributed by atoms with Crippen molar-refractivity contribution < 1.29 is 0 Å². The zero-order valence-electron chi connectivity index (χ0n) is 14.7. The van der Waals surface area contributed by atoms with E-state index in [0.29, 0.717) is 0 Å². The van der Waals surface area contributed by atoms with E-state index < -0.39 is 0 Å². The average molecular weight is 290 g/mol. The molecule has 1 nitrogen and oxygen atoms in total. The minimum atomic E-state index is 0.765. The van der Waals surface area contributed by atoms with Gasteiger partial charge in [0, 0.05) is 11.4 Å². The van der Waals surface area contributed by atoms with Crippen molar-refractivity contribution in [2.45, 2.75) is 85.5 Å². The van der Waals surface area contributed by atoms with Crippen molar-refractivity contribution >= 4 is 0 Å². The predicted octanol–water partition coefficient (Wildman–Crippen LogP) is 6.21. The molecule has 0 spiro atoms. The van der Waals surface area contributed by atoms with Gasteiger partial charge >= 0.3 is 0 Å². The van der Waals surface area contributed by atoms with Crippen molar-refractivity contribution in [3.8, 4) is 0 Å². The molecule has 0 bridgehead atoms. The number of unbranched alkanes of at least 4 members (excludes halogenated alkanes) is 4. The molecule has 0 aliphatic rings. The van der Waals surface area contributed by atoms with Gasteiger partial charge in [0.2, 0.25) is 0 Å². The number of aryl methyl sites for hydroxylation is 2. The second kappa shape index (κ2) is 10.8. The molecule has 1 aromatic rings. The maximum Gasteiger partial charge on any atom is 0.0407 e. The van der Waals surface area contributed by atoms with Crippen molar-refractivity contribution in [1.82, 2.24) is 4.98 Å². The quantitative estimate of drug-likeness (QED) is 0.441. The van der Waals surface area contributed by atoms with E-state index in [1.807, 2.05) is 0 Å². The minimum absolute atomic E-state index is 0.765. The molecule has 0 saturated heterocycles. The van der Waals surface area contributed by atoms with Gasteiger partial charge in [-0.2, -0.15) is 0 Å². The van der Waals surface area contributed by atoms with Crippen LogP contribution in [0.5, 0.6) is 0 Å². The van der Waals surface area contributed by atoms with Crippen molar-refractivity contribution in [3.05, 3.63) is 29.6 Å². The van der Waals surface area contributed by atoms with Crippen LogP contribution in [-0.2, 0) is 12.8 Å². The lowest BCUT2D eigenvalue weighted by molar-refractivity contribution is 0.514. The molecule has 1 heteroatoms. The molecule has 0 aliphatic heterocycles. The number of hydrogen-bond donors (Lipinski definition) is 0. The first-order chi connectivity index (χ1) is 10.1. The highest BCUT2D eigenvalue weighted by Gasteiger charge is 2.01. The average Bonchev–Trinajstić information content (AvgIpc) is 2.44. The van der Waals surface area contributed by atoms with Crippen LogP contribution in [-0.4, -0.2) is 4.98 Å². The number of nitrogens with zero attached hydrogens (tertiary/aromatic N) is 1. The molecule has 0 atom stereocenters. The Morgan fingerprint density at radius 3 is 1.95 bits per heavy atom. The van der Waals surface area contributed by atoms with Crippen LogP contribution < -0.4 is 0 Å². The molecule has 0 aromatic carbocycles. The normalized spacial score (nSPS) is 11.5. The van der Waals surface area contributed by atoms with E-state index in [-0.39, 0.29) is 0 Å². The van der Waals surface area contributed by atoms with E-state index in [0.717, 1.165) is 24.7 Å². The maximum absolute atomic E-state index is 4.80. The van der Waals surface area contributed by atoms with Gasteiger partial charge in [-0.15, -0.1) is 0 Å². The smallest absolute Gasteiger partial charge is 0.0407 e. The standard InChI is InChI=1S/C20H35N/c1-17(2)11-8-6-5-7-9-12-19-13-10-14-20(21-19)16-15-18(3)4/h10,13-14,17-18H,5-9,11-12,15-16H2,1-4H3. The van der Waals surface area contributed by atoms with E-state index in [9.17, 15) is 0 Å². The van der Waals surface area contributed by atoms with Gasteiger partial charge in [0.15, 0.2) is 0 Å². The lowest BCUT2D eigenvalue weighted by atomic mass is 10.0. The topological polar surface area (TPSA) is 12.9 Å². The summed E-state index contributed by atoms with van der Waals surface area (Å²) in [6, 6.07) is 6.55. The van der Waals surface area contributed by atoms with E-state index in [1.54, 1.807) is 0 Å². The first-order valence-electron chi connectivity index (χ1n) is 9.02. The lowest BCUT2D eigenvalue weighted by Gasteiger charge is -2.07. The van der Waals surface area contributed by atoms with Gasteiger partial charge in [-0.25, -0.2) is 0 Å². The Bertz CT molecular complexity index is 368. The van der Waals surface area contributed by atoms with Crippen LogP contribution in [0.1, 0.15) is 84.0 Å². The Morgan fingerprint density at radius 2 is 1.29 bits per heavy atom. The molecule has 0 fully saturated rings. The Labute approximate surface area is 132 Å². The summed E-state index contributed by atoms with van der Waals surface area (Å²) in [6.07, 6.45) is 11.8. The van der Waals surface area contributed by atoms with Gasteiger partial charge in [-0.1, -0.05) is 65.9 Å². The fraction of sp³-hybridized carbons (Fsp3) is 0.750. The minimum Gasteiger partial charge on any atom is -0.258 e. The van der Waals surface area contributed by atoms with Crippen LogP contribution in [0, 0.1) is 11.8 Å². The molecule has 0 radical (unpaired) electrons. The summed E-state index contributed by atoms with van der Waals surface area (Å²) >= 11 is 0. The second-order valence-electron chi connectivity index (χ2n) is 7.25. The van der Waals surface area contributed by atoms with Crippen LogP contribution in [0.3, 0.4) is 0 Å². The largest absolute Gasteiger partial charge is 0.258 e. The molecule has 0 N–H and O–H groups in total. The van der Waals surface area contributed by atoms with Crippen molar-refractivity contribution in [2.75, 3.05) is 0 Å². The molecule has 0 saturated carbocycles. The van der Waals surface area contributed by atoms with Crippen molar-refractivity contribution in [3.63, 3.8) is 0 Å². The van der Waals surface area contributed by atoms with Gasteiger partial charge in [0.1, 0.15) is 0 Å². The van der Waals surface area contributed by atoms with Crippen LogP contribution >= 0.6 is 0 Å². The molecule has 1 rings (SSSR count). The third kappa shape index (κ3) is 9.66. The molecule has 1 aromatic heterocycles. The summed E-state index contributed by atoms with van der Waals surface area (Å²) in [5.74, 6) is 1.63. The number of rotatable bonds is 11. The Kier molecular flexibility index (Phi) is 9.37. The second-order valence-corrected chi connectivity index (χ2v) is 7.25. The Balaban J connectivity index is 2.15. The monoisotopic (exact) mass is 289 g/mol. The molecule has 0 unspecified atom stereocenters. The summed E-state index contributed by atoms with van der Waals surface area (Å²) in [4.78, 5) is 4.80. The van der Waals surface area contributed by atoms with E-state index >= 15 is 0 Å². The van der Waals surface area contributed by atoms with E-state index in [4.69, 9.17) is 4.98 Å². The van der Waals surface area contributed by atoms with Crippen LogP contribution in [0.25, 0.3) is 0 Å². The summed E-state index contributed by atoms with van der Waals surface area (Å²) in [7, 11) is 0. The molecule has 1 heterocycles. The lowest BCUT2D eigenvalue weighted by Crippen LogP contribution is -1.98. The van der Waals surface area contributed by atoms with Gasteiger partial charge in [-0.05, 0) is 49.7 Å². The predicted molar refractivity (Wildman–Crippen MR) is 93.6 cm³/mol. The first kappa shape index (κ1) is 18.2. The number of aromatic nitrogens is 1. The van der Waals surface area contributed by atoms with Crippen molar-refractivity contribution in [2.24, 2.45) is 11.8 Å². The fourth-order valence-corrected chi connectivity index (χ4v) is 2.63. The molecule has 120 valence electrons. The van der Waals surface area contributed by atoms with E-state index in [2.05, 4.69) is 45.9 Å². The van der Waals surface area contributed by atoms with Gasteiger partial charge in [-0.3, -0.25) is 4.98 Å². The molecular weight excluding hydrogens is 254 g/mol. The van der Waals surface area contributed by atoms with Gasteiger partial charge in [0.25, 0.3) is 0 Å². The Morgan fingerprint density at radius 1 is 0.714 bits per heavy atom.